The Kier molecular flexibility index (Phi) is 12.2. The molecule has 2 aromatic heterocycles. The highest BCUT2D eigenvalue weighted by Gasteiger charge is 2.52. The van der Waals surface area contributed by atoms with Crippen LogP contribution in [0.4, 0.5) is 45.5 Å². The van der Waals surface area contributed by atoms with E-state index in [1.165, 1.54) is 61.1 Å². The molecule has 0 fully saturated rings. The minimum absolute atomic E-state index is 0.0136. The molecule has 5 nitrogen and oxygen atoms in total. The van der Waals surface area contributed by atoms with Crippen LogP contribution < -0.4 is 25.7 Å². The first-order chi connectivity index (χ1) is 41.9. The smallest absolute Gasteiger partial charge is 0.376 e. The highest BCUT2D eigenvalue weighted by molar-refractivity contribution is 6.93. The largest absolute Gasteiger partial charge is 0.466 e. The number of hydrogen-bond donors (Lipinski definition) is 0. The normalized spacial score (nSPS) is 16.3. The van der Waals surface area contributed by atoms with E-state index in [1.54, 1.807) is 0 Å². The number of rotatable bonds is 5. The molecule has 448 valence electrons. The minimum Gasteiger partial charge on any atom is -0.466 e. The van der Waals surface area contributed by atoms with Gasteiger partial charge in [-0.25, -0.2) is 0 Å². The minimum atomic E-state index is -0.379. The molecule has 89 heavy (non-hydrogen) atoms. The van der Waals surface area contributed by atoms with Gasteiger partial charge in [0.25, 0.3) is 0 Å². The van der Waals surface area contributed by atoms with Crippen molar-refractivity contribution >= 4 is 96.4 Å². The van der Waals surface area contributed by atoms with Crippen molar-refractivity contribution < 1.29 is 8.83 Å². The van der Waals surface area contributed by atoms with Gasteiger partial charge in [0.2, 0.25) is 0 Å². The molecular formula is C83H86BN3O2. The number of anilines is 8. The summed E-state index contributed by atoms with van der Waals surface area (Å²) in [6.45, 7) is 41.8. The van der Waals surface area contributed by atoms with E-state index in [4.69, 9.17) is 8.83 Å². The van der Waals surface area contributed by atoms with Gasteiger partial charge in [0.15, 0.2) is 0 Å². The van der Waals surface area contributed by atoms with Gasteiger partial charge in [0, 0.05) is 72.5 Å². The van der Waals surface area contributed by atoms with Crippen molar-refractivity contribution in [3.63, 3.8) is 0 Å². The van der Waals surface area contributed by atoms with Gasteiger partial charge in [-0.1, -0.05) is 197 Å². The Morgan fingerprint density at radius 1 is 0.416 bits per heavy atom. The predicted octanol–water partition coefficient (Wildman–Crippen LogP) is 22.4. The summed E-state index contributed by atoms with van der Waals surface area (Å²) in [6.07, 6.45) is 2.23. The molecule has 11 aromatic rings. The summed E-state index contributed by atoms with van der Waals surface area (Å²) < 4.78 is 15.2. The topological polar surface area (TPSA) is 36.0 Å². The maximum absolute atomic E-state index is 7.83. The van der Waals surface area contributed by atoms with E-state index >= 15 is 0 Å². The summed E-state index contributed by atoms with van der Waals surface area (Å²) in [5.41, 5.74) is 28.8. The predicted molar refractivity (Wildman–Crippen MR) is 380 cm³/mol. The zero-order valence-corrected chi connectivity index (χ0v) is 55.8. The second kappa shape index (κ2) is 18.9. The number of hydrogen-bond acceptors (Lipinski definition) is 5. The summed E-state index contributed by atoms with van der Waals surface area (Å²) in [5, 5.41) is 3.35. The molecule has 0 saturated heterocycles. The maximum Gasteiger partial charge on any atom is 0.376 e. The Hall–Kier alpha value is -8.22. The van der Waals surface area contributed by atoms with Crippen molar-refractivity contribution in [1.29, 1.82) is 0 Å². The van der Waals surface area contributed by atoms with Crippen molar-refractivity contribution in [3.05, 3.63) is 214 Å². The van der Waals surface area contributed by atoms with Crippen molar-refractivity contribution in [3.8, 4) is 22.3 Å². The van der Waals surface area contributed by atoms with Gasteiger partial charge in [0.1, 0.15) is 22.4 Å². The fourth-order valence-electron chi connectivity index (χ4n) is 15.6. The molecule has 4 heterocycles. The van der Waals surface area contributed by atoms with E-state index in [0.717, 1.165) is 108 Å². The lowest BCUT2D eigenvalue weighted by Crippen LogP contribution is -2.61. The van der Waals surface area contributed by atoms with Gasteiger partial charge in [-0.15, -0.1) is 0 Å². The second-order valence-electron chi connectivity index (χ2n) is 32.5. The molecule has 0 atom stereocenters. The van der Waals surface area contributed by atoms with E-state index in [1.807, 2.05) is 0 Å². The SMILES string of the molecule is CC(C)(C)c1ccc(N2B3c4oc5cc6c(cc5c4N(c4ccc(C(C)(C)C)cc4)c4cc5c(oc7ccccc75)c(c43)-c3cc4c(cc32)C(C)(C)c2ccc(N(c3ccc(C(C)(C)C)cc3)c3ccc(C(C)(C)C)cc3)cc2-4)C(C)(C)CCC6(C)C)cc1. The van der Waals surface area contributed by atoms with E-state index in [9.17, 15) is 0 Å². The molecule has 0 N–H and O–H groups in total. The van der Waals surface area contributed by atoms with Crippen LogP contribution in [0.3, 0.4) is 0 Å². The van der Waals surface area contributed by atoms with Crippen molar-refractivity contribution in [2.75, 3.05) is 14.6 Å². The van der Waals surface area contributed by atoms with Crippen LogP contribution >= 0.6 is 0 Å². The summed E-state index contributed by atoms with van der Waals surface area (Å²) in [6, 6.07) is 65.7. The lowest BCUT2D eigenvalue weighted by atomic mass is 9.45. The quantitative estimate of drug-likeness (QED) is 0.161. The Balaban J connectivity index is 1.04. The van der Waals surface area contributed by atoms with Crippen LogP contribution in [-0.4, -0.2) is 6.85 Å². The van der Waals surface area contributed by atoms with E-state index < -0.39 is 0 Å². The molecule has 2 aliphatic carbocycles. The number of fused-ring (bicyclic) bond motifs is 14. The third-order valence-electron chi connectivity index (χ3n) is 21.1. The lowest BCUT2D eigenvalue weighted by Gasteiger charge is -2.44. The number of benzene rings is 9. The third-order valence-corrected chi connectivity index (χ3v) is 21.1. The van der Waals surface area contributed by atoms with Crippen molar-refractivity contribution in [2.24, 2.45) is 0 Å². The number of nitrogens with zero attached hydrogens (tertiary/aromatic N) is 3. The molecule has 0 spiro atoms. The zero-order chi connectivity index (χ0) is 62.6. The molecule has 0 radical (unpaired) electrons. The Labute approximate surface area is 528 Å². The third kappa shape index (κ3) is 8.76. The monoisotopic (exact) mass is 1170 g/mol. The maximum atomic E-state index is 7.83. The highest BCUT2D eigenvalue weighted by Crippen LogP contribution is 2.59. The number of furan rings is 2. The molecule has 0 saturated carbocycles. The Morgan fingerprint density at radius 3 is 1.48 bits per heavy atom. The first-order valence-corrected chi connectivity index (χ1v) is 32.6. The molecule has 2 aliphatic heterocycles. The highest BCUT2D eigenvalue weighted by atomic mass is 16.3. The van der Waals surface area contributed by atoms with Crippen LogP contribution in [0.25, 0.3) is 55.2 Å². The van der Waals surface area contributed by atoms with Crippen molar-refractivity contribution in [1.82, 2.24) is 0 Å². The molecule has 0 amide bonds. The fraction of sp³-hybridized carbons (Fsp3) is 0.325. The Morgan fingerprint density at radius 2 is 0.921 bits per heavy atom. The molecule has 6 heteroatoms. The van der Waals surface area contributed by atoms with E-state index in [0.29, 0.717) is 0 Å². The number of para-hydroxylation sites is 1. The standard InChI is InChI=1S/C83H86BN3O2/c1-77(2,3)49-23-31-53(32-24-49)85(54-33-25-50(26-34-54)78(4,5)6)57-39-40-64-59(43-57)60-44-62-68(47-65(60)83(64,17)18)87(56-37-29-52(30-38-56)80(10,11)12)84-73-69(46-61-58-21-19-20-22-70(58)88-75(61)72(62)73)86(55-35-27-51(28-36-55)79(7,8)9)74-63-45-66-67(48-71(63)89-76(74)84)82(15,16)42-41-81(66,13)14/h19-40,43-48H,41-42H2,1-18H3. The van der Waals surface area contributed by atoms with Gasteiger partial charge in [-0.3, -0.25) is 0 Å². The van der Waals surface area contributed by atoms with Crippen LogP contribution in [0.5, 0.6) is 0 Å². The van der Waals surface area contributed by atoms with Crippen LogP contribution in [0, 0.1) is 0 Å². The molecule has 0 bridgehead atoms. The molecule has 15 rings (SSSR count). The summed E-state index contributed by atoms with van der Waals surface area (Å²) in [4.78, 5) is 7.66. The average Bonchev–Trinajstić information content (AvgIpc) is 1.41. The van der Waals surface area contributed by atoms with Gasteiger partial charge >= 0.3 is 6.85 Å². The van der Waals surface area contributed by atoms with E-state index in [-0.39, 0.29) is 44.8 Å². The zero-order valence-electron chi connectivity index (χ0n) is 55.8. The second-order valence-corrected chi connectivity index (χ2v) is 32.5. The van der Waals surface area contributed by atoms with Crippen LogP contribution in [0.1, 0.15) is 182 Å². The summed E-state index contributed by atoms with van der Waals surface area (Å²) >= 11 is 0. The van der Waals surface area contributed by atoms with Crippen LogP contribution in [-0.2, 0) is 37.9 Å². The van der Waals surface area contributed by atoms with Gasteiger partial charge in [0.05, 0.1) is 5.69 Å². The summed E-state index contributed by atoms with van der Waals surface area (Å²) in [7, 11) is 0. The van der Waals surface area contributed by atoms with Gasteiger partial charge in [-0.2, -0.15) is 0 Å². The Bertz CT molecular complexity index is 4660. The lowest BCUT2D eigenvalue weighted by molar-refractivity contribution is 0.332. The molecule has 4 aliphatic rings. The fourth-order valence-corrected chi connectivity index (χ4v) is 15.6. The van der Waals surface area contributed by atoms with Gasteiger partial charge in [-0.05, 0) is 203 Å². The first kappa shape index (κ1) is 57.2. The van der Waals surface area contributed by atoms with Crippen molar-refractivity contribution in [2.45, 2.75) is 175 Å². The van der Waals surface area contributed by atoms with E-state index in [2.05, 4.69) is 309 Å². The average molecular weight is 1170 g/mol. The van der Waals surface area contributed by atoms with Gasteiger partial charge < -0.3 is 23.4 Å². The summed E-state index contributed by atoms with van der Waals surface area (Å²) in [5.74, 6) is 0. The molecule has 0 unspecified atom stereocenters. The molecule has 9 aromatic carbocycles. The molecular weight excluding hydrogens is 1080 g/mol. The first-order valence-electron chi connectivity index (χ1n) is 32.6. The van der Waals surface area contributed by atoms with Crippen LogP contribution in [0.15, 0.2) is 179 Å². The van der Waals surface area contributed by atoms with Crippen LogP contribution in [0.2, 0.25) is 0 Å².